The van der Waals surface area contributed by atoms with Gasteiger partial charge in [0.2, 0.25) is 0 Å². The third-order valence-electron chi connectivity index (χ3n) is 5.18. The van der Waals surface area contributed by atoms with Crippen LogP contribution in [0.25, 0.3) is 0 Å². The van der Waals surface area contributed by atoms with Crippen LogP contribution in [0.5, 0.6) is 0 Å². The number of piperidine rings is 1. The zero-order valence-corrected chi connectivity index (χ0v) is 12.3. The molecule has 0 radical (unpaired) electrons. The third kappa shape index (κ3) is 2.28. The summed E-state index contributed by atoms with van der Waals surface area (Å²) in [6.07, 6.45) is 8.09. The highest BCUT2D eigenvalue weighted by molar-refractivity contribution is 5.91. The van der Waals surface area contributed by atoms with Crippen LogP contribution in [0, 0.1) is 5.41 Å². The maximum absolute atomic E-state index is 13.2. The molecule has 0 bridgehead atoms. The summed E-state index contributed by atoms with van der Waals surface area (Å²) in [6, 6.07) is 4.13. The van der Waals surface area contributed by atoms with Crippen molar-refractivity contribution in [3.63, 3.8) is 0 Å². The number of aromatic nitrogens is 1. The molecule has 1 aliphatic heterocycles. The molecule has 0 saturated carbocycles. The molecule has 2 aliphatic rings. The minimum atomic E-state index is -0.158. The molecule has 20 heavy (non-hydrogen) atoms. The van der Waals surface area contributed by atoms with E-state index >= 15 is 0 Å². The highest BCUT2D eigenvalue weighted by Gasteiger charge is 2.43. The van der Waals surface area contributed by atoms with Crippen LogP contribution in [0.3, 0.4) is 0 Å². The summed E-state index contributed by atoms with van der Waals surface area (Å²) in [5, 5.41) is 3.43. The molecule has 0 spiro atoms. The predicted octanol–water partition coefficient (Wildman–Crippen LogP) is 2.85. The smallest absolute Gasteiger partial charge is 0.149 e. The van der Waals surface area contributed by atoms with Gasteiger partial charge in [-0.25, -0.2) is 0 Å². The van der Waals surface area contributed by atoms with E-state index in [2.05, 4.69) is 23.3 Å². The van der Waals surface area contributed by atoms with Crippen molar-refractivity contribution in [2.45, 2.75) is 51.4 Å². The first-order valence-corrected chi connectivity index (χ1v) is 7.96. The highest BCUT2D eigenvalue weighted by Crippen LogP contribution is 2.40. The number of carbonyl (C=O) groups is 1. The SMILES string of the molecule is CCC1(C(=O)C2CCCc3cccnc32)CCCNC1. The van der Waals surface area contributed by atoms with E-state index in [-0.39, 0.29) is 11.3 Å². The number of aryl methyl sites for hydroxylation is 1. The molecule has 2 atom stereocenters. The van der Waals surface area contributed by atoms with Gasteiger partial charge >= 0.3 is 0 Å². The van der Waals surface area contributed by atoms with E-state index in [1.165, 1.54) is 5.56 Å². The normalized spacial score (nSPS) is 29.8. The van der Waals surface area contributed by atoms with Crippen molar-refractivity contribution in [2.75, 3.05) is 13.1 Å². The molecule has 108 valence electrons. The average molecular weight is 272 g/mol. The van der Waals surface area contributed by atoms with Gasteiger partial charge in [-0.1, -0.05) is 13.0 Å². The molecule has 3 rings (SSSR count). The largest absolute Gasteiger partial charge is 0.316 e. The van der Waals surface area contributed by atoms with Crippen molar-refractivity contribution >= 4 is 5.78 Å². The second-order valence-corrected chi connectivity index (χ2v) is 6.27. The second kappa shape index (κ2) is 5.65. The number of nitrogens with one attached hydrogen (secondary N) is 1. The summed E-state index contributed by atoms with van der Waals surface area (Å²) in [6.45, 7) is 4.06. The lowest BCUT2D eigenvalue weighted by atomic mass is 9.68. The van der Waals surface area contributed by atoms with Crippen molar-refractivity contribution in [1.29, 1.82) is 0 Å². The summed E-state index contributed by atoms with van der Waals surface area (Å²) in [5.41, 5.74) is 2.18. The lowest BCUT2D eigenvalue weighted by Crippen LogP contribution is -2.47. The maximum Gasteiger partial charge on any atom is 0.149 e. The monoisotopic (exact) mass is 272 g/mol. The Labute approximate surface area is 121 Å². The molecule has 1 aromatic heterocycles. The summed E-state index contributed by atoms with van der Waals surface area (Å²) in [5.74, 6) is 0.464. The number of pyridine rings is 1. The summed E-state index contributed by atoms with van der Waals surface area (Å²) >= 11 is 0. The van der Waals surface area contributed by atoms with Crippen molar-refractivity contribution < 1.29 is 4.79 Å². The quantitative estimate of drug-likeness (QED) is 0.920. The maximum atomic E-state index is 13.2. The fourth-order valence-electron chi connectivity index (χ4n) is 3.89. The number of carbonyl (C=O) groups excluding carboxylic acids is 1. The standard InChI is InChI=1S/C17H24N2O/c1-2-17(9-5-10-18-12-17)16(20)14-8-3-6-13-7-4-11-19-15(13)14/h4,7,11,14,18H,2-3,5-6,8-10,12H2,1H3. The Hall–Kier alpha value is -1.22. The van der Waals surface area contributed by atoms with Gasteiger partial charge in [-0.05, 0) is 56.7 Å². The zero-order valence-electron chi connectivity index (χ0n) is 12.3. The van der Waals surface area contributed by atoms with Crippen molar-refractivity contribution in [3.8, 4) is 0 Å². The van der Waals surface area contributed by atoms with Gasteiger partial charge in [0.1, 0.15) is 5.78 Å². The molecule has 1 aliphatic carbocycles. The Balaban J connectivity index is 1.91. The van der Waals surface area contributed by atoms with Gasteiger partial charge in [0.25, 0.3) is 0 Å². The van der Waals surface area contributed by atoms with Crippen molar-refractivity contribution in [3.05, 3.63) is 29.6 Å². The molecular weight excluding hydrogens is 248 g/mol. The third-order valence-corrected chi connectivity index (χ3v) is 5.18. The summed E-state index contributed by atoms with van der Waals surface area (Å²) in [4.78, 5) is 17.7. The van der Waals surface area contributed by atoms with E-state index < -0.39 is 0 Å². The molecule has 2 unspecified atom stereocenters. The van der Waals surface area contributed by atoms with Gasteiger partial charge in [-0.3, -0.25) is 9.78 Å². The molecule has 3 heteroatoms. The second-order valence-electron chi connectivity index (χ2n) is 6.27. The molecule has 1 aromatic rings. The van der Waals surface area contributed by atoms with Crippen LogP contribution in [0.2, 0.25) is 0 Å². The van der Waals surface area contributed by atoms with E-state index in [0.29, 0.717) is 5.78 Å². The Morgan fingerprint density at radius 1 is 1.50 bits per heavy atom. The minimum Gasteiger partial charge on any atom is -0.316 e. The van der Waals surface area contributed by atoms with Gasteiger partial charge < -0.3 is 5.32 Å². The van der Waals surface area contributed by atoms with Crippen LogP contribution in [0.4, 0.5) is 0 Å². The zero-order chi connectivity index (χ0) is 14.0. The summed E-state index contributed by atoms with van der Waals surface area (Å²) < 4.78 is 0. The van der Waals surface area contributed by atoms with E-state index in [1.54, 1.807) is 0 Å². The Morgan fingerprint density at radius 2 is 2.40 bits per heavy atom. The van der Waals surface area contributed by atoms with E-state index in [4.69, 9.17) is 0 Å². The van der Waals surface area contributed by atoms with Gasteiger partial charge in [0.05, 0.1) is 11.6 Å². The van der Waals surface area contributed by atoms with Gasteiger partial charge in [-0.15, -0.1) is 0 Å². The van der Waals surface area contributed by atoms with Crippen molar-refractivity contribution in [2.24, 2.45) is 5.41 Å². The van der Waals surface area contributed by atoms with Gasteiger partial charge in [-0.2, -0.15) is 0 Å². The van der Waals surface area contributed by atoms with Gasteiger partial charge in [0.15, 0.2) is 0 Å². The molecular formula is C17H24N2O. The highest BCUT2D eigenvalue weighted by atomic mass is 16.1. The fraction of sp³-hybridized carbons (Fsp3) is 0.647. The van der Waals surface area contributed by atoms with Crippen LogP contribution in [-0.2, 0) is 11.2 Å². The molecule has 3 nitrogen and oxygen atoms in total. The van der Waals surface area contributed by atoms with Crippen LogP contribution >= 0.6 is 0 Å². The molecule has 1 fully saturated rings. The predicted molar refractivity (Wildman–Crippen MR) is 79.8 cm³/mol. The minimum absolute atomic E-state index is 0.0276. The lowest BCUT2D eigenvalue weighted by Gasteiger charge is -2.39. The van der Waals surface area contributed by atoms with Crippen molar-refractivity contribution in [1.82, 2.24) is 10.3 Å². The fourth-order valence-corrected chi connectivity index (χ4v) is 3.89. The number of Topliss-reactive ketones (excluding diaryl/α,β-unsaturated/α-hetero) is 1. The molecule has 1 saturated heterocycles. The molecule has 2 heterocycles. The average Bonchev–Trinajstić information content (AvgIpc) is 2.54. The topological polar surface area (TPSA) is 42.0 Å². The van der Waals surface area contributed by atoms with Crippen LogP contribution < -0.4 is 5.32 Å². The Morgan fingerprint density at radius 3 is 3.15 bits per heavy atom. The number of hydrogen-bond acceptors (Lipinski definition) is 3. The summed E-state index contributed by atoms with van der Waals surface area (Å²) in [7, 11) is 0. The molecule has 0 amide bonds. The Kier molecular flexibility index (Phi) is 3.88. The van der Waals surface area contributed by atoms with E-state index in [1.807, 2.05) is 12.3 Å². The van der Waals surface area contributed by atoms with Crippen LogP contribution in [0.15, 0.2) is 18.3 Å². The first-order chi connectivity index (χ1) is 9.77. The van der Waals surface area contributed by atoms with Crippen LogP contribution in [0.1, 0.15) is 56.2 Å². The molecule has 1 N–H and O–H groups in total. The Bertz CT molecular complexity index is 492. The van der Waals surface area contributed by atoms with E-state index in [9.17, 15) is 4.79 Å². The van der Waals surface area contributed by atoms with Gasteiger partial charge in [0, 0.05) is 18.2 Å². The van der Waals surface area contributed by atoms with Crippen LogP contribution in [-0.4, -0.2) is 23.9 Å². The van der Waals surface area contributed by atoms with E-state index in [0.717, 1.165) is 57.3 Å². The first kappa shape index (κ1) is 13.7. The number of rotatable bonds is 3. The first-order valence-electron chi connectivity index (χ1n) is 7.96. The number of fused-ring (bicyclic) bond motifs is 1. The number of ketones is 1. The molecule has 0 aromatic carbocycles. The lowest BCUT2D eigenvalue weighted by molar-refractivity contribution is -0.132. The number of hydrogen-bond donors (Lipinski definition) is 1. The number of nitrogens with zero attached hydrogens (tertiary/aromatic N) is 1.